The Morgan fingerprint density at radius 3 is 2.75 bits per heavy atom. The minimum Gasteiger partial charge on any atom is -0.355 e. The molecule has 1 aromatic carbocycles. The van der Waals surface area contributed by atoms with E-state index in [0.29, 0.717) is 19.4 Å². The van der Waals surface area contributed by atoms with Crippen molar-refractivity contribution in [2.75, 3.05) is 13.6 Å². The lowest BCUT2D eigenvalue weighted by atomic mass is 10.1. The van der Waals surface area contributed by atoms with E-state index in [-0.39, 0.29) is 30.0 Å². The summed E-state index contributed by atoms with van der Waals surface area (Å²) in [5.74, 6) is -0.0476. The molecule has 0 spiro atoms. The van der Waals surface area contributed by atoms with Crippen LogP contribution in [0.1, 0.15) is 18.9 Å². The standard InChI is InChI=1S/C13H19N3O3.ClH/c1-10(14-2)9-15-13(17)7-6-11-4-3-5-12(8-11)16(18)19;/h3-5,8,10,14H,6-7,9H2,1-2H3,(H,15,17);1H. The van der Waals surface area contributed by atoms with E-state index in [1.807, 2.05) is 14.0 Å². The molecule has 1 atom stereocenters. The van der Waals surface area contributed by atoms with Crippen LogP contribution < -0.4 is 10.6 Å². The summed E-state index contributed by atoms with van der Waals surface area (Å²) in [6.07, 6.45) is 0.832. The van der Waals surface area contributed by atoms with Crippen molar-refractivity contribution in [3.63, 3.8) is 0 Å². The fraction of sp³-hybridized carbons (Fsp3) is 0.462. The summed E-state index contributed by atoms with van der Waals surface area (Å²) in [6.45, 7) is 2.55. The highest BCUT2D eigenvalue weighted by molar-refractivity contribution is 5.85. The molecular weight excluding hydrogens is 282 g/mol. The normalized spacial score (nSPS) is 11.3. The lowest BCUT2D eigenvalue weighted by Gasteiger charge is -2.11. The Bertz CT molecular complexity index is 454. The Kier molecular flexibility index (Phi) is 8.51. The summed E-state index contributed by atoms with van der Waals surface area (Å²) in [6, 6.07) is 6.59. The van der Waals surface area contributed by atoms with Gasteiger partial charge in [-0.1, -0.05) is 12.1 Å². The fourth-order valence-electron chi connectivity index (χ4n) is 1.54. The maximum absolute atomic E-state index is 11.6. The lowest BCUT2D eigenvalue weighted by Crippen LogP contribution is -2.37. The summed E-state index contributed by atoms with van der Waals surface area (Å²) in [5.41, 5.74) is 0.854. The Balaban J connectivity index is 0.00000361. The van der Waals surface area contributed by atoms with E-state index in [9.17, 15) is 14.9 Å². The highest BCUT2D eigenvalue weighted by atomic mass is 35.5. The van der Waals surface area contributed by atoms with Gasteiger partial charge in [0.1, 0.15) is 0 Å². The third-order valence-electron chi connectivity index (χ3n) is 2.86. The number of nitrogens with one attached hydrogen (secondary N) is 2. The number of hydrogen-bond donors (Lipinski definition) is 2. The van der Waals surface area contributed by atoms with Gasteiger partial charge < -0.3 is 10.6 Å². The van der Waals surface area contributed by atoms with Gasteiger partial charge >= 0.3 is 0 Å². The van der Waals surface area contributed by atoms with Crippen molar-refractivity contribution in [3.05, 3.63) is 39.9 Å². The smallest absolute Gasteiger partial charge is 0.269 e. The van der Waals surface area contributed by atoms with E-state index in [2.05, 4.69) is 10.6 Å². The number of hydrogen-bond acceptors (Lipinski definition) is 4. The fourth-order valence-corrected chi connectivity index (χ4v) is 1.54. The molecule has 1 rings (SSSR count). The molecule has 112 valence electrons. The molecule has 20 heavy (non-hydrogen) atoms. The average molecular weight is 302 g/mol. The number of nitro benzene ring substituents is 1. The molecule has 1 unspecified atom stereocenters. The van der Waals surface area contributed by atoms with Crippen molar-refractivity contribution in [3.8, 4) is 0 Å². The number of halogens is 1. The Morgan fingerprint density at radius 1 is 1.45 bits per heavy atom. The molecule has 6 nitrogen and oxygen atoms in total. The highest BCUT2D eigenvalue weighted by Gasteiger charge is 2.08. The van der Waals surface area contributed by atoms with Crippen LogP contribution in [0.25, 0.3) is 0 Å². The van der Waals surface area contributed by atoms with Crippen molar-refractivity contribution in [2.45, 2.75) is 25.8 Å². The Labute approximate surface area is 124 Å². The number of amides is 1. The molecule has 0 aliphatic heterocycles. The lowest BCUT2D eigenvalue weighted by molar-refractivity contribution is -0.384. The van der Waals surface area contributed by atoms with Gasteiger partial charge in [-0.05, 0) is 26.0 Å². The molecule has 0 aliphatic rings. The van der Waals surface area contributed by atoms with E-state index in [0.717, 1.165) is 5.56 Å². The maximum atomic E-state index is 11.6. The second-order valence-electron chi connectivity index (χ2n) is 4.42. The van der Waals surface area contributed by atoms with Crippen LogP contribution in [0.2, 0.25) is 0 Å². The van der Waals surface area contributed by atoms with Crippen LogP contribution in [0.3, 0.4) is 0 Å². The first-order valence-electron chi connectivity index (χ1n) is 6.20. The molecule has 0 aliphatic carbocycles. The summed E-state index contributed by atoms with van der Waals surface area (Å²) in [7, 11) is 1.83. The molecule has 0 heterocycles. The molecule has 0 fully saturated rings. The number of benzene rings is 1. The first-order valence-corrected chi connectivity index (χ1v) is 6.20. The van der Waals surface area contributed by atoms with Gasteiger partial charge in [-0.2, -0.15) is 0 Å². The Hall–Kier alpha value is -1.66. The predicted octanol–water partition coefficient (Wildman–Crippen LogP) is 1.67. The van der Waals surface area contributed by atoms with Gasteiger partial charge in [0.15, 0.2) is 0 Å². The van der Waals surface area contributed by atoms with E-state index < -0.39 is 4.92 Å². The van der Waals surface area contributed by atoms with E-state index in [1.165, 1.54) is 12.1 Å². The average Bonchev–Trinajstić information content (AvgIpc) is 2.42. The first kappa shape index (κ1) is 18.3. The number of nitro groups is 1. The number of carbonyl (C=O) groups excluding carboxylic acids is 1. The summed E-state index contributed by atoms with van der Waals surface area (Å²) >= 11 is 0. The second-order valence-corrected chi connectivity index (χ2v) is 4.42. The maximum Gasteiger partial charge on any atom is 0.269 e. The van der Waals surface area contributed by atoms with Gasteiger partial charge in [0.25, 0.3) is 5.69 Å². The molecule has 0 saturated carbocycles. The molecule has 0 aromatic heterocycles. The topological polar surface area (TPSA) is 84.3 Å². The minimum absolute atomic E-state index is 0. The van der Waals surface area contributed by atoms with E-state index in [1.54, 1.807) is 12.1 Å². The molecule has 0 bridgehead atoms. The van der Waals surface area contributed by atoms with Crippen molar-refractivity contribution < 1.29 is 9.72 Å². The van der Waals surface area contributed by atoms with Gasteiger partial charge in [0, 0.05) is 31.1 Å². The van der Waals surface area contributed by atoms with Crippen molar-refractivity contribution >= 4 is 24.0 Å². The van der Waals surface area contributed by atoms with Crippen LogP contribution in [0.4, 0.5) is 5.69 Å². The third-order valence-corrected chi connectivity index (χ3v) is 2.86. The van der Waals surface area contributed by atoms with Crippen molar-refractivity contribution in [2.24, 2.45) is 0 Å². The zero-order valence-corrected chi connectivity index (χ0v) is 12.4. The van der Waals surface area contributed by atoms with Gasteiger partial charge in [0.05, 0.1) is 4.92 Å². The van der Waals surface area contributed by atoms with Crippen molar-refractivity contribution in [1.82, 2.24) is 10.6 Å². The monoisotopic (exact) mass is 301 g/mol. The van der Waals surface area contributed by atoms with Crippen LogP contribution in [-0.4, -0.2) is 30.5 Å². The first-order chi connectivity index (χ1) is 9.02. The zero-order valence-electron chi connectivity index (χ0n) is 11.6. The molecule has 7 heteroatoms. The van der Waals surface area contributed by atoms with Gasteiger partial charge in [-0.15, -0.1) is 12.4 Å². The Morgan fingerprint density at radius 2 is 2.15 bits per heavy atom. The summed E-state index contributed by atoms with van der Waals surface area (Å²) in [5, 5.41) is 16.5. The molecular formula is C13H20ClN3O3. The number of nitrogens with zero attached hydrogens (tertiary/aromatic N) is 1. The van der Waals surface area contributed by atoms with Crippen molar-refractivity contribution in [1.29, 1.82) is 0 Å². The van der Waals surface area contributed by atoms with Gasteiger partial charge in [-0.25, -0.2) is 0 Å². The summed E-state index contributed by atoms with van der Waals surface area (Å²) in [4.78, 5) is 21.8. The molecule has 2 N–H and O–H groups in total. The van der Waals surface area contributed by atoms with Gasteiger partial charge in [0.2, 0.25) is 5.91 Å². The van der Waals surface area contributed by atoms with E-state index >= 15 is 0 Å². The number of rotatable bonds is 7. The number of non-ortho nitro benzene ring substituents is 1. The minimum atomic E-state index is -0.432. The largest absolute Gasteiger partial charge is 0.355 e. The SMILES string of the molecule is CNC(C)CNC(=O)CCc1cccc([N+](=O)[O-])c1.Cl. The van der Waals surface area contributed by atoms with Crippen LogP contribution in [-0.2, 0) is 11.2 Å². The predicted molar refractivity (Wildman–Crippen MR) is 80.2 cm³/mol. The van der Waals surface area contributed by atoms with Crippen LogP contribution >= 0.6 is 12.4 Å². The quantitative estimate of drug-likeness (QED) is 0.593. The summed E-state index contributed by atoms with van der Waals surface area (Å²) < 4.78 is 0. The van der Waals surface area contributed by atoms with Gasteiger partial charge in [-0.3, -0.25) is 14.9 Å². The second kappa shape index (κ2) is 9.28. The number of likely N-dealkylation sites (N-methyl/N-ethyl adjacent to an activating group) is 1. The highest BCUT2D eigenvalue weighted by Crippen LogP contribution is 2.14. The van der Waals surface area contributed by atoms with Crippen LogP contribution in [0.5, 0.6) is 0 Å². The number of aryl methyl sites for hydroxylation is 1. The molecule has 0 radical (unpaired) electrons. The molecule has 0 saturated heterocycles. The molecule has 1 amide bonds. The van der Waals surface area contributed by atoms with Crippen LogP contribution in [0.15, 0.2) is 24.3 Å². The van der Waals surface area contributed by atoms with Crippen LogP contribution in [0, 0.1) is 10.1 Å². The zero-order chi connectivity index (χ0) is 14.3. The third kappa shape index (κ3) is 6.49. The van der Waals surface area contributed by atoms with E-state index in [4.69, 9.17) is 0 Å². The molecule has 1 aromatic rings. The number of carbonyl (C=O) groups is 1.